The summed E-state index contributed by atoms with van der Waals surface area (Å²) in [5.74, 6) is 0.440. The Bertz CT molecular complexity index is 685. The minimum atomic E-state index is -0.286. The molecule has 1 fully saturated rings. The second kappa shape index (κ2) is 8.35. The average molecular weight is 348 g/mol. The minimum absolute atomic E-state index is 0.0479. The molecule has 0 aliphatic heterocycles. The highest BCUT2D eigenvalue weighted by Crippen LogP contribution is 2.28. The second-order valence-electron chi connectivity index (χ2n) is 6.05. The fourth-order valence-electron chi connectivity index (χ4n) is 2.31. The van der Waals surface area contributed by atoms with Crippen LogP contribution in [0.3, 0.4) is 0 Å². The summed E-state index contributed by atoms with van der Waals surface area (Å²) in [5.41, 5.74) is 1.45. The molecule has 1 amide bonds. The molecule has 6 heteroatoms. The van der Waals surface area contributed by atoms with Gasteiger partial charge in [-0.1, -0.05) is 12.1 Å². The van der Waals surface area contributed by atoms with Crippen molar-refractivity contribution < 1.29 is 13.9 Å². The number of aromatic nitrogens is 1. The predicted molar refractivity (Wildman–Crippen MR) is 92.4 cm³/mol. The van der Waals surface area contributed by atoms with Gasteiger partial charge in [-0.2, -0.15) is 0 Å². The van der Waals surface area contributed by atoms with Gasteiger partial charge in [0.2, 0.25) is 5.91 Å². The maximum Gasteiger partial charge on any atom is 0.226 e. The van der Waals surface area contributed by atoms with Crippen molar-refractivity contribution in [1.29, 1.82) is 0 Å². The van der Waals surface area contributed by atoms with Crippen LogP contribution in [0.25, 0.3) is 10.6 Å². The van der Waals surface area contributed by atoms with Gasteiger partial charge in [0.1, 0.15) is 10.8 Å². The van der Waals surface area contributed by atoms with Crippen LogP contribution in [0.15, 0.2) is 29.6 Å². The normalized spacial score (nSPS) is 13.9. The molecule has 0 atom stereocenters. The van der Waals surface area contributed by atoms with E-state index in [2.05, 4.69) is 10.3 Å². The van der Waals surface area contributed by atoms with E-state index in [1.54, 1.807) is 6.07 Å². The topological polar surface area (TPSA) is 51.2 Å². The number of hydrogen-bond acceptors (Lipinski definition) is 4. The first-order valence-electron chi connectivity index (χ1n) is 8.25. The summed E-state index contributed by atoms with van der Waals surface area (Å²) in [5, 5.41) is 5.45. The molecule has 0 saturated heterocycles. The quantitative estimate of drug-likeness (QED) is 0.707. The van der Waals surface area contributed by atoms with E-state index in [1.807, 2.05) is 11.4 Å². The van der Waals surface area contributed by atoms with E-state index in [0.29, 0.717) is 18.8 Å². The van der Waals surface area contributed by atoms with Crippen LogP contribution in [0, 0.1) is 11.7 Å². The van der Waals surface area contributed by atoms with Gasteiger partial charge in [-0.25, -0.2) is 9.37 Å². The van der Waals surface area contributed by atoms with Gasteiger partial charge < -0.3 is 10.1 Å². The molecular formula is C18H21FN2O2S. The lowest BCUT2D eigenvalue weighted by molar-refractivity contribution is -0.120. The molecule has 0 radical (unpaired) electrons. The Morgan fingerprint density at radius 3 is 3.08 bits per heavy atom. The summed E-state index contributed by atoms with van der Waals surface area (Å²) in [4.78, 5) is 16.3. The lowest BCUT2D eigenvalue weighted by atomic mass is 10.2. The van der Waals surface area contributed by atoms with E-state index in [9.17, 15) is 9.18 Å². The number of rotatable bonds is 9. The van der Waals surface area contributed by atoms with Crippen LogP contribution < -0.4 is 5.32 Å². The van der Waals surface area contributed by atoms with E-state index in [0.717, 1.165) is 29.5 Å². The fraction of sp³-hybridized carbons (Fsp3) is 0.444. The van der Waals surface area contributed by atoms with Gasteiger partial charge in [-0.05, 0) is 37.3 Å². The average Bonchev–Trinajstić information content (AvgIpc) is 3.28. The van der Waals surface area contributed by atoms with Crippen molar-refractivity contribution in [2.75, 3.05) is 19.8 Å². The smallest absolute Gasteiger partial charge is 0.226 e. The van der Waals surface area contributed by atoms with Crippen LogP contribution in [-0.4, -0.2) is 30.6 Å². The van der Waals surface area contributed by atoms with Crippen molar-refractivity contribution in [3.05, 3.63) is 41.2 Å². The number of benzene rings is 1. The third kappa shape index (κ3) is 5.39. The number of hydrogen-bond donors (Lipinski definition) is 1. The van der Waals surface area contributed by atoms with Gasteiger partial charge in [0.25, 0.3) is 0 Å². The molecule has 0 spiro atoms. The van der Waals surface area contributed by atoms with E-state index in [-0.39, 0.29) is 18.1 Å². The Labute approximate surface area is 145 Å². The van der Waals surface area contributed by atoms with Gasteiger partial charge in [0.05, 0.1) is 12.1 Å². The number of halogens is 1. The maximum atomic E-state index is 13.2. The number of carbonyl (C=O) groups is 1. The van der Waals surface area contributed by atoms with Crippen molar-refractivity contribution >= 4 is 17.2 Å². The monoisotopic (exact) mass is 348 g/mol. The van der Waals surface area contributed by atoms with Crippen LogP contribution in [0.2, 0.25) is 0 Å². The zero-order valence-corrected chi connectivity index (χ0v) is 14.3. The molecule has 1 aliphatic rings. The number of ether oxygens (including phenoxy) is 1. The minimum Gasteiger partial charge on any atom is -0.381 e. The third-order valence-electron chi connectivity index (χ3n) is 3.80. The lowest BCUT2D eigenvalue weighted by Gasteiger charge is -2.05. The van der Waals surface area contributed by atoms with Crippen molar-refractivity contribution in [3.8, 4) is 10.6 Å². The van der Waals surface area contributed by atoms with Gasteiger partial charge in [0.15, 0.2) is 0 Å². The van der Waals surface area contributed by atoms with Crippen LogP contribution in [0.4, 0.5) is 4.39 Å². The molecule has 1 aromatic heterocycles. The number of thiazole rings is 1. The largest absolute Gasteiger partial charge is 0.381 e. The second-order valence-corrected chi connectivity index (χ2v) is 6.91. The molecule has 4 nitrogen and oxygen atoms in total. The highest BCUT2D eigenvalue weighted by molar-refractivity contribution is 7.13. The molecule has 1 aliphatic carbocycles. The molecule has 1 saturated carbocycles. The standard InChI is InChI=1S/C18H21FN2O2S/c19-15-4-1-3-14(9-15)18-21-16(12-24-18)10-17(22)20-7-2-8-23-11-13-5-6-13/h1,3-4,9,12-13H,2,5-8,10-11H2,(H,20,22). The number of nitrogens with zero attached hydrogens (tertiary/aromatic N) is 1. The molecule has 1 aromatic carbocycles. The first-order valence-corrected chi connectivity index (χ1v) is 9.13. The highest BCUT2D eigenvalue weighted by Gasteiger charge is 2.20. The Morgan fingerprint density at radius 2 is 2.29 bits per heavy atom. The van der Waals surface area contributed by atoms with Crippen molar-refractivity contribution in [2.24, 2.45) is 5.92 Å². The van der Waals surface area contributed by atoms with Crippen LogP contribution in [-0.2, 0) is 16.0 Å². The predicted octanol–water partition coefficient (Wildman–Crippen LogP) is 3.42. The molecule has 0 unspecified atom stereocenters. The van der Waals surface area contributed by atoms with Gasteiger partial charge in [0, 0.05) is 30.7 Å². The summed E-state index contributed by atoms with van der Waals surface area (Å²) in [7, 11) is 0. The summed E-state index contributed by atoms with van der Waals surface area (Å²) in [6.45, 7) is 2.16. The summed E-state index contributed by atoms with van der Waals surface area (Å²) in [6.07, 6.45) is 3.66. The van der Waals surface area contributed by atoms with E-state index >= 15 is 0 Å². The number of amides is 1. The SMILES string of the molecule is O=C(Cc1csc(-c2cccc(F)c2)n1)NCCCOCC1CC1. The molecule has 24 heavy (non-hydrogen) atoms. The summed E-state index contributed by atoms with van der Waals surface area (Å²) < 4.78 is 18.8. The maximum absolute atomic E-state index is 13.2. The fourth-order valence-corrected chi connectivity index (χ4v) is 3.12. The Kier molecular flexibility index (Phi) is 5.93. The van der Waals surface area contributed by atoms with E-state index in [4.69, 9.17) is 4.74 Å². The lowest BCUT2D eigenvalue weighted by Crippen LogP contribution is -2.27. The first kappa shape index (κ1) is 17.0. The molecule has 1 heterocycles. The zero-order valence-electron chi connectivity index (χ0n) is 13.5. The van der Waals surface area contributed by atoms with Crippen LogP contribution in [0.5, 0.6) is 0 Å². The van der Waals surface area contributed by atoms with Gasteiger partial charge in [-0.3, -0.25) is 4.79 Å². The highest BCUT2D eigenvalue weighted by atomic mass is 32.1. The Balaban J connectivity index is 1.38. The molecule has 128 valence electrons. The van der Waals surface area contributed by atoms with E-state index in [1.165, 1.54) is 36.3 Å². The Morgan fingerprint density at radius 1 is 1.42 bits per heavy atom. The van der Waals surface area contributed by atoms with Crippen LogP contribution in [0.1, 0.15) is 25.0 Å². The summed E-state index contributed by atoms with van der Waals surface area (Å²) >= 11 is 1.42. The first-order chi connectivity index (χ1) is 11.7. The third-order valence-corrected chi connectivity index (χ3v) is 4.74. The van der Waals surface area contributed by atoms with Gasteiger partial charge in [-0.15, -0.1) is 11.3 Å². The molecular weight excluding hydrogens is 327 g/mol. The van der Waals surface area contributed by atoms with Crippen molar-refractivity contribution in [3.63, 3.8) is 0 Å². The molecule has 2 aromatic rings. The summed E-state index contributed by atoms with van der Waals surface area (Å²) in [6, 6.07) is 6.32. The molecule has 3 rings (SSSR count). The van der Waals surface area contributed by atoms with Crippen LogP contribution >= 0.6 is 11.3 Å². The number of nitrogens with one attached hydrogen (secondary N) is 1. The van der Waals surface area contributed by atoms with Crippen molar-refractivity contribution in [1.82, 2.24) is 10.3 Å². The number of carbonyl (C=O) groups excluding carboxylic acids is 1. The van der Waals surface area contributed by atoms with Gasteiger partial charge >= 0.3 is 0 Å². The zero-order chi connectivity index (χ0) is 16.8. The van der Waals surface area contributed by atoms with E-state index < -0.39 is 0 Å². The Hall–Kier alpha value is -1.79. The molecule has 1 N–H and O–H groups in total. The van der Waals surface area contributed by atoms with Crippen molar-refractivity contribution in [2.45, 2.75) is 25.7 Å². The molecule has 0 bridgehead atoms.